The number of hydrogen-bond donors (Lipinski definition) is 0. The van der Waals surface area contributed by atoms with Gasteiger partial charge in [-0.2, -0.15) is 0 Å². The zero-order chi connectivity index (χ0) is 14.2. The first-order valence-electron chi connectivity index (χ1n) is 7.90. The molecule has 114 valence electrons. The average molecular weight is 281 g/mol. The van der Waals surface area contributed by atoms with E-state index in [1.165, 1.54) is 0 Å². The van der Waals surface area contributed by atoms with Gasteiger partial charge in [-0.25, -0.2) is 0 Å². The molecule has 0 aromatic rings. The second kappa shape index (κ2) is 5.62. The summed E-state index contributed by atoms with van der Waals surface area (Å²) < 4.78 is 5.88. The van der Waals surface area contributed by atoms with E-state index < -0.39 is 0 Å². The standard InChI is InChI=1S/C15H27N3O2/c1-3-17-4-6-18(7-5-17)14(19)8-13-9-15(12-20-13)10-16(2)11-15/h13H,3-12H2,1-2H3. The molecular weight excluding hydrogens is 254 g/mol. The highest BCUT2D eigenvalue weighted by atomic mass is 16.5. The summed E-state index contributed by atoms with van der Waals surface area (Å²) in [4.78, 5) is 19.1. The number of amides is 1. The van der Waals surface area contributed by atoms with Crippen LogP contribution in [0, 0.1) is 5.41 Å². The predicted octanol–water partition coefficient (Wildman–Crippen LogP) is 0.261. The number of carbonyl (C=O) groups excluding carboxylic acids is 1. The number of ether oxygens (including phenoxy) is 1. The molecule has 0 N–H and O–H groups in total. The molecule has 1 amide bonds. The van der Waals surface area contributed by atoms with E-state index >= 15 is 0 Å². The Kier molecular flexibility index (Phi) is 4.02. The van der Waals surface area contributed by atoms with Crippen LogP contribution in [0.4, 0.5) is 0 Å². The molecule has 0 aromatic heterocycles. The van der Waals surface area contributed by atoms with Gasteiger partial charge in [0.1, 0.15) is 0 Å². The fourth-order valence-electron chi connectivity index (χ4n) is 3.98. The minimum absolute atomic E-state index is 0.153. The molecule has 0 bridgehead atoms. The molecule has 3 aliphatic heterocycles. The molecule has 0 aliphatic carbocycles. The molecule has 0 radical (unpaired) electrons. The van der Waals surface area contributed by atoms with Gasteiger partial charge in [0, 0.05) is 44.7 Å². The molecule has 5 heteroatoms. The molecule has 3 fully saturated rings. The molecule has 3 aliphatic rings. The minimum Gasteiger partial charge on any atom is -0.377 e. The van der Waals surface area contributed by atoms with Gasteiger partial charge in [0.15, 0.2) is 0 Å². The Hall–Kier alpha value is -0.650. The number of piperazine rings is 1. The highest BCUT2D eigenvalue weighted by Crippen LogP contribution is 2.41. The van der Waals surface area contributed by atoms with Crippen LogP contribution in [0.2, 0.25) is 0 Å². The number of hydrogen-bond acceptors (Lipinski definition) is 4. The van der Waals surface area contributed by atoms with Gasteiger partial charge in [0.2, 0.25) is 5.91 Å². The van der Waals surface area contributed by atoms with E-state index in [1.807, 2.05) is 4.90 Å². The van der Waals surface area contributed by atoms with E-state index in [-0.39, 0.29) is 12.0 Å². The molecular formula is C15H27N3O2. The van der Waals surface area contributed by atoms with Gasteiger partial charge in [-0.05, 0) is 20.0 Å². The lowest BCUT2D eigenvalue weighted by Crippen LogP contribution is -2.54. The Morgan fingerprint density at radius 1 is 1.25 bits per heavy atom. The molecule has 20 heavy (non-hydrogen) atoms. The first-order chi connectivity index (χ1) is 9.60. The fraction of sp³-hybridized carbons (Fsp3) is 0.933. The molecule has 1 atom stereocenters. The van der Waals surface area contributed by atoms with Crippen LogP contribution < -0.4 is 0 Å². The number of nitrogens with zero attached hydrogens (tertiary/aromatic N) is 3. The van der Waals surface area contributed by atoms with E-state index in [0.29, 0.717) is 11.8 Å². The Morgan fingerprint density at radius 2 is 1.95 bits per heavy atom. The van der Waals surface area contributed by atoms with Crippen molar-refractivity contribution in [3.05, 3.63) is 0 Å². The number of likely N-dealkylation sites (tertiary alicyclic amines) is 1. The number of likely N-dealkylation sites (N-methyl/N-ethyl adjacent to an activating group) is 1. The van der Waals surface area contributed by atoms with Crippen molar-refractivity contribution in [3.63, 3.8) is 0 Å². The second-order valence-electron chi connectivity index (χ2n) is 6.83. The number of carbonyl (C=O) groups is 1. The monoisotopic (exact) mass is 281 g/mol. The lowest BCUT2D eigenvalue weighted by Gasteiger charge is -2.45. The van der Waals surface area contributed by atoms with Gasteiger partial charge in [0.25, 0.3) is 0 Å². The summed E-state index contributed by atoms with van der Waals surface area (Å²) in [5, 5.41) is 0. The van der Waals surface area contributed by atoms with E-state index in [0.717, 1.165) is 58.8 Å². The highest BCUT2D eigenvalue weighted by Gasteiger charge is 2.48. The SMILES string of the molecule is CCN1CCN(C(=O)CC2CC3(CO2)CN(C)C3)CC1. The van der Waals surface area contributed by atoms with E-state index in [1.54, 1.807) is 0 Å². The van der Waals surface area contributed by atoms with Crippen LogP contribution in [-0.4, -0.2) is 86.2 Å². The maximum atomic E-state index is 12.3. The van der Waals surface area contributed by atoms with Crippen LogP contribution >= 0.6 is 0 Å². The van der Waals surface area contributed by atoms with Crippen LogP contribution in [0.5, 0.6) is 0 Å². The lowest BCUT2D eigenvalue weighted by molar-refractivity contribution is -0.135. The van der Waals surface area contributed by atoms with Crippen LogP contribution in [0.25, 0.3) is 0 Å². The van der Waals surface area contributed by atoms with Gasteiger partial charge in [-0.15, -0.1) is 0 Å². The summed E-state index contributed by atoms with van der Waals surface area (Å²) in [5.41, 5.74) is 0.362. The molecule has 5 nitrogen and oxygen atoms in total. The fourth-order valence-corrected chi connectivity index (χ4v) is 3.98. The second-order valence-corrected chi connectivity index (χ2v) is 6.83. The Bertz CT molecular complexity index is 360. The highest BCUT2D eigenvalue weighted by molar-refractivity contribution is 5.76. The topological polar surface area (TPSA) is 36.0 Å². The first kappa shape index (κ1) is 14.3. The van der Waals surface area contributed by atoms with Crippen LogP contribution in [0.1, 0.15) is 19.8 Å². The third-order valence-corrected chi connectivity index (χ3v) is 5.07. The lowest BCUT2D eigenvalue weighted by atomic mass is 9.78. The molecule has 3 rings (SSSR count). The molecule has 0 saturated carbocycles. The summed E-state index contributed by atoms with van der Waals surface area (Å²) in [7, 11) is 2.15. The third kappa shape index (κ3) is 2.85. The largest absolute Gasteiger partial charge is 0.377 e. The minimum atomic E-state index is 0.153. The molecule has 1 spiro atoms. The summed E-state index contributed by atoms with van der Waals surface area (Å²) in [6.45, 7) is 10.2. The Morgan fingerprint density at radius 3 is 2.55 bits per heavy atom. The summed E-state index contributed by atoms with van der Waals surface area (Å²) in [6.07, 6.45) is 1.80. The first-order valence-corrected chi connectivity index (χ1v) is 7.90. The van der Waals surface area contributed by atoms with Crippen molar-refractivity contribution in [2.75, 3.05) is 59.5 Å². The van der Waals surface area contributed by atoms with Crippen molar-refractivity contribution in [3.8, 4) is 0 Å². The van der Waals surface area contributed by atoms with Gasteiger partial charge in [0.05, 0.1) is 19.1 Å². The Labute approximate surface area is 121 Å². The van der Waals surface area contributed by atoms with Crippen molar-refractivity contribution in [2.45, 2.75) is 25.9 Å². The van der Waals surface area contributed by atoms with Gasteiger partial charge in [-0.3, -0.25) is 4.79 Å². The molecule has 1 unspecified atom stereocenters. The summed E-state index contributed by atoms with van der Waals surface area (Å²) >= 11 is 0. The van der Waals surface area contributed by atoms with Crippen LogP contribution in [0.15, 0.2) is 0 Å². The van der Waals surface area contributed by atoms with Gasteiger partial charge >= 0.3 is 0 Å². The zero-order valence-electron chi connectivity index (χ0n) is 12.8. The Balaban J connectivity index is 1.44. The van der Waals surface area contributed by atoms with E-state index in [9.17, 15) is 4.79 Å². The summed E-state index contributed by atoms with van der Waals surface area (Å²) in [6, 6.07) is 0. The predicted molar refractivity (Wildman–Crippen MR) is 77.6 cm³/mol. The van der Waals surface area contributed by atoms with E-state index in [2.05, 4.69) is 23.8 Å². The molecule has 3 heterocycles. The maximum Gasteiger partial charge on any atom is 0.225 e. The van der Waals surface area contributed by atoms with Gasteiger partial charge in [-0.1, -0.05) is 6.92 Å². The zero-order valence-corrected chi connectivity index (χ0v) is 12.8. The van der Waals surface area contributed by atoms with E-state index in [4.69, 9.17) is 4.74 Å². The van der Waals surface area contributed by atoms with Crippen LogP contribution in [0.3, 0.4) is 0 Å². The average Bonchev–Trinajstić information content (AvgIpc) is 2.82. The quantitative estimate of drug-likeness (QED) is 0.743. The normalized spacial score (nSPS) is 30.7. The summed E-state index contributed by atoms with van der Waals surface area (Å²) in [5.74, 6) is 0.287. The van der Waals surface area contributed by atoms with Crippen molar-refractivity contribution in [1.29, 1.82) is 0 Å². The number of rotatable bonds is 3. The molecule has 0 aromatic carbocycles. The smallest absolute Gasteiger partial charge is 0.225 e. The van der Waals surface area contributed by atoms with Crippen LogP contribution in [-0.2, 0) is 9.53 Å². The molecule has 3 saturated heterocycles. The van der Waals surface area contributed by atoms with Crippen molar-refractivity contribution < 1.29 is 9.53 Å². The van der Waals surface area contributed by atoms with Gasteiger partial charge < -0.3 is 19.4 Å². The van der Waals surface area contributed by atoms with Crippen molar-refractivity contribution >= 4 is 5.91 Å². The maximum absolute atomic E-state index is 12.3. The third-order valence-electron chi connectivity index (χ3n) is 5.07. The van der Waals surface area contributed by atoms with Crippen molar-refractivity contribution in [1.82, 2.24) is 14.7 Å². The van der Waals surface area contributed by atoms with Crippen molar-refractivity contribution in [2.24, 2.45) is 5.41 Å².